The Hall–Kier alpha value is -1.55. The summed E-state index contributed by atoms with van der Waals surface area (Å²) in [4.78, 5) is 34.8. The van der Waals surface area contributed by atoms with Crippen molar-refractivity contribution in [2.75, 3.05) is 26.4 Å². The first-order valence-electron chi connectivity index (χ1n) is 20.3. The minimum Gasteiger partial charge on any atom is -0.462 e. The van der Waals surface area contributed by atoms with E-state index in [0.717, 1.165) is 64.2 Å². The number of aliphatic hydroxyl groups excluding tert-OH is 2. The van der Waals surface area contributed by atoms with E-state index in [-0.39, 0.29) is 19.4 Å². The topological polar surface area (TPSA) is 149 Å². The van der Waals surface area contributed by atoms with Crippen molar-refractivity contribution in [2.24, 2.45) is 0 Å². The molecular weight excluding hydrogens is 671 g/mol. The molecule has 51 heavy (non-hydrogen) atoms. The van der Waals surface area contributed by atoms with Crippen LogP contribution in [0.1, 0.15) is 181 Å². The van der Waals surface area contributed by atoms with Crippen molar-refractivity contribution in [3.05, 3.63) is 24.3 Å². The van der Waals surface area contributed by atoms with Gasteiger partial charge in [-0.1, -0.05) is 134 Å². The monoisotopic (exact) mass is 747 g/mol. The van der Waals surface area contributed by atoms with Gasteiger partial charge >= 0.3 is 19.8 Å². The van der Waals surface area contributed by atoms with Crippen molar-refractivity contribution in [2.45, 2.75) is 193 Å². The number of phosphoric acid groups is 1. The second kappa shape index (κ2) is 36.8. The third kappa shape index (κ3) is 36.6. The molecule has 0 aliphatic carbocycles. The van der Waals surface area contributed by atoms with E-state index in [4.69, 9.17) is 19.1 Å². The quantitative estimate of drug-likeness (QED) is 0.0241. The van der Waals surface area contributed by atoms with Crippen LogP contribution >= 0.6 is 7.82 Å². The van der Waals surface area contributed by atoms with Gasteiger partial charge in [0, 0.05) is 12.8 Å². The van der Waals surface area contributed by atoms with Crippen LogP contribution in [0.15, 0.2) is 24.3 Å². The zero-order valence-corrected chi connectivity index (χ0v) is 33.2. The van der Waals surface area contributed by atoms with Crippen LogP contribution < -0.4 is 0 Å². The molecule has 0 bridgehead atoms. The second-order valence-corrected chi connectivity index (χ2v) is 15.1. The van der Waals surface area contributed by atoms with Gasteiger partial charge in [-0.05, 0) is 57.8 Å². The molecule has 3 atom stereocenters. The first kappa shape index (κ1) is 49.5. The predicted octanol–water partition coefficient (Wildman–Crippen LogP) is 10.2. The molecule has 11 heteroatoms. The van der Waals surface area contributed by atoms with Gasteiger partial charge in [0.1, 0.15) is 12.7 Å². The summed E-state index contributed by atoms with van der Waals surface area (Å²) in [7, 11) is -4.61. The van der Waals surface area contributed by atoms with E-state index in [1.807, 2.05) is 0 Å². The third-order valence-electron chi connectivity index (χ3n) is 8.58. The number of phosphoric ester groups is 1. The van der Waals surface area contributed by atoms with Gasteiger partial charge in [0.05, 0.1) is 19.8 Å². The maximum Gasteiger partial charge on any atom is 0.472 e. The normalized spacial score (nSPS) is 14.2. The SMILES string of the molecule is CCCC/C=C\CCCCCCCC(=O)OCC(COP(=O)(O)OCC(O)CO)OC(=O)CCCCCCCCC/C=C\CCCCCCCC. The molecule has 0 heterocycles. The van der Waals surface area contributed by atoms with E-state index in [0.29, 0.717) is 12.8 Å². The Morgan fingerprint density at radius 1 is 0.569 bits per heavy atom. The fourth-order valence-corrected chi connectivity index (χ4v) is 6.17. The zero-order chi connectivity index (χ0) is 37.7. The Kier molecular flexibility index (Phi) is 35.7. The van der Waals surface area contributed by atoms with Gasteiger partial charge in [0.25, 0.3) is 0 Å². The summed E-state index contributed by atoms with van der Waals surface area (Å²) >= 11 is 0. The van der Waals surface area contributed by atoms with Crippen LogP contribution in [-0.2, 0) is 32.7 Å². The highest BCUT2D eigenvalue weighted by molar-refractivity contribution is 7.47. The molecule has 0 amide bonds. The van der Waals surface area contributed by atoms with Crippen LogP contribution in [0.2, 0.25) is 0 Å². The average Bonchev–Trinajstić information content (AvgIpc) is 3.12. The Balaban J connectivity index is 4.32. The van der Waals surface area contributed by atoms with Gasteiger partial charge in [0.15, 0.2) is 6.10 Å². The molecule has 0 aromatic carbocycles. The van der Waals surface area contributed by atoms with Crippen molar-refractivity contribution in [1.82, 2.24) is 0 Å². The number of allylic oxidation sites excluding steroid dienone is 4. The summed E-state index contributed by atoms with van der Waals surface area (Å²) < 4.78 is 32.6. The number of hydrogen-bond acceptors (Lipinski definition) is 9. The molecule has 0 aromatic rings. The molecule has 0 rings (SSSR count). The zero-order valence-electron chi connectivity index (χ0n) is 32.3. The highest BCUT2D eigenvalue weighted by Crippen LogP contribution is 2.43. The Morgan fingerprint density at radius 2 is 0.980 bits per heavy atom. The van der Waals surface area contributed by atoms with Crippen LogP contribution in [0.25, 0.3) is 0 Å². The van der Waals surface area contributed by atoms with E-state index < -0.39 is 51.8 Å². The lowest BCUT2D eigenvalue weighted by atomic mass is 10.1. The number of aliphatic hydroxyl groups is 2. The molecule has 0 saturated heterocycles. The molecule has 300 valence electrons. The fraction of sp³-hybridized carbons (Fsp3) is 0.850. The lowest BCUT2D eigenvalue weighted by Crippen LogP contribution is -2.29. The smallest absolute Gasteiger partial charge is 0.462 e. The second-order valence-electron chi connectivity index (χ2n) is 13.7. The maximum atomic E-state index is 12.6. The van der Waals surface area contributed by atoms with Crippen molar-refractivity contribution in [3.8, 4) is 0 Å². The molecule has 3 N–H and O–H groups in total. The molecule has 0 fully saturated rings. The Bertz CT molecular complexity index is 910. The average molecular weight is 747 g/mol. The van der Waals surface area contributed by atoms with E-state index >= 15 is 0 Å². The standard InChI is InChI=1S/C40H75O10P/c1-3-5-7-9-11-13-15-16-17-18-19-20-22-24-26-28-30-32-40(44)50-38(36-49-51(45,46)48-34-37(42)33-41)35-47-39(43)31-29-27-25-23-21-14-12-10-8-6-4-2/h10,12,16-17,37-38,41-42H,3-9,11,13-15,18-36H2,1-2H3,(H,45,46)/b12-10-,17-16-. The number of ether oxygens (including phenoxy) is 2. The summed E-state index contributed by atoms with van der Waals surface area (Å²) in [5.74, 6) is -0.939. The van der Waals surface area contributed by atoms with Crippen molar-refractivity contribution in [1.29, 1.82) is 0 Å². The minimum atomic E-state index is -4.61. The summed E-state index contributed by atoms with van der Waals surface area (Å²) in [5.41, 5.74) is 0. The molecule has 10 nitrogen and oxygen atoms in total. The first-order valence-corrected chi connectivity index (χ1v) is 21.8. The van der Waals surface area contributed by atoms with Gasteiger partial charge < -0.3 is 24.6 Å². The van der Waals surface area contributed by atoms with Gasteiger partial charge in [0.2, 0.25) is 0 Å². The Morgan fingerprint density at radius 3 is 1.47 bits per heavy atom. The Labute approximate surface area is 310 Å². The van der Waals surface area contributed by atoms with Crippen LogP contribution in [0.4, 0.5) is 0 Å². The summed E-state index contributed by atoms with van der Waals surface area (Å²) in [6.45, 7) is 2.32. The number of esters is 2. The molecule has 0 aliphatic rings. The van der Waals surface area contributed by atoms with E-state index in [1.54, 1.807) is 0 Å². The molecule has 0 aromatic heterocycles. The van der Waals surface area contributed by atoms with E-state index in [1.165, 1.54) is 77.0 Å². The lowest BCUT2D eigenvalue weighted by molar-refractivity contribution is -0.161. The summed E-state index contributed by atoms with van der Waals surface area (Å²) in [6, 6.07) is 0. The van der Waals surface area contributed by atoms with E-state index in [2.05, 4.69) is 42.7 Å². The largest absolute Gasteiger partial charge is 0.472 e. The molecule has 3 unspecified atom stereocenters. The molecule has 0 spiro atoms. The van der Waals surface area contributed by atoms with Gasteiger partial charge in [-0.3, -0.25) is 18.6 Å². The molecule has 0 aliphatic heterocycles. The van der Waals surface area contributed by atoms with Crippen molar-refractivity contribution >= 4 is 19.8 Å². The third-order valence-corrected chi connectivity index (χ3v) is 9.53. The van der Waals surface area contributed by atoms with Crippen molar-refractivity contribution < 1.29 is 47.8 Å². The summed E-state index contributed by atoms with van der Waals surface area (Å²) in [5, 5.41) is 18.3. The maximum absolute atomic E-state index is 12.6. The first-order chi connectivity index (χ1) is 24.7. The lowest BCUT2D eigenvalue weighted by Gasteiger charge is -2.20. The van der Waals surface area contributed by atoms with Crippen LogP contribution in [0, 0.1) is 0 Å². The molecule has 0 saturated carbocycles. The highest BCUT2D eigenvalue weighted by atomic mass is 31.2. The molecule has 0 radical (unpaired) electrons. The van der Waals surface area contributed by atoms with Crippen LogP contribution in [-0.4, -0.2) is 65.7 Å². The number of carbonyl (C=O) groups is 2. The minimum absolute atomic E-state index is 0.179. The number of rotatable bonds is 38. The summed E-state index contributed by atoms with van der Waals surface area (Å²) in [6.07, 6.45) is 34.3. The number of carbonyl (C=O) groups excluding carboxylic acids is 2. The van der Waals surface area contributed by atoms with Gasteiger partial charge in [-0.15, -0.1) is 0 Å². The molecular formula is C40H75O10P. The van der Waals surface area contributed by atoms with Crippen LogP contribution in [0.5, 0.6) is 0 Å². The number of hydrogen-bond donors (Lipinski definition) is 3. The van der Waals surface area contributed by atoms with Gasteiger partial charge in [-0.25, -0.2) is 4.57 Å². The van der Waals surface area contributed by atoms with Crippen LogP contribution in [0.3, 0.4) is 0 Å². The predicted molar refractivity (Wildman–Crippen MR) is 205 cm³/mol. The fourth-order valence-electron chi connectivity index (χ4n) is 5.38. The van der Waals surface area contributed by atoms with E-state index in [9.17, 15) is 24.2 Å². The van der Waals surface area contributed by atoms with Crippen molar-refractivity contribution in [3.63, 3.8) is 0 Å². The number of unbranched alkanes of at least 4 members (excludes halogenated alkanes) is 20. The highest BCUT2D eigenvalue weighted by Gasteiger charge is 2.27. The van der Waals surface area contributed by atoms with Gasteiger partial charge in [-0.2, -0.15) is 0 Å².